The molecule has 0 N–H and O–H groups in total. The van der Waals surface area contributed by atoms with E-state index in [1.165, 1.54) is 12.1 Å². The van der Waals surface area contributed by atoms with Crippen molar-refractivity contribution in [2.45, 2.75) is 31.8 Å². The number of carbonyl (C=O) groups is 1. The smallest absolute Gasteiger partial charge is 0.226 e. The summed E-state index contributed by atoms with van der Waals surface area (Å²) in [7, 11) is 0. The predicted molar refractivity (Wildman–Crippen MR) is 102 cm³/mol. The van der Waals surface area contributed by atoms with E-state index in [-0.39, 0.29) is 11.8 Å². The Morgan fingerprint density at radius 1 is 0.964 bits per heavy atom. The number of benzene rings is 2. The fourth-order valence-corrected chi connectivity index (χ4v) is 4.33. The van der Waals surface area contributed by atoms with Crippen LogP contribution in [0, 0.1) is 17.6 Å². The van der Waals surface area contributed by atoms with Gasteiger partial charge in [-0.3, -0.25) is 4.79 Å². The molecule has 2 heterocycles. The van der Waals surface area contributed by atoms with Crippen LogP contribution in [0.2, 0.25) is 0 Å². The zero-order valence-electron chi connectivity index (χ0n) is 15.3. The Balaban J connectivity index is 1.72. The Labute approximate surface area is 162 Å². The van der Waals surface area contributed by atoms with Gasteiger partial charge in [0.2, 0.25) is 5.91 Å². The lowest BCUT2D eigenvalue weighted by molar-refractivity contribution is -0.140. The van der Waals surface area contributed by atoms with Crippen LogP contribution >= 0.6 is 0 Å². The van der Waals surface area contributed by atoms with Crippen LogP contribution < -0.4 is 0 Å². The molecule has 1 unspecified atom stereocenters. The maximum Gasteiger partial charge on any atom is 0.226 e. The van der Waals surface area contributed by atoms with E-state index in [9.17, 15) is 13.6 Å². The molecule has 0 radical (unpaired) electrons. The fraction of sp³-hybridized carbons (Fsp3) is 0.261. The van der Waals surface area contributed by atoms with Gasteiger partial charge in [0.1, 0.15) is 11.6 Å². The van der Waals surface area contributed by atoms with E-state index in [1.807, 2.05) is 47.2 Å². The van der Waals surface area contributed by atoms with Crippen LogP contribution in [0.25, 0.3) is 5.69 Å². The maximum absolute atomic E-state index is 14.1. The molecule has 5 rings (SSSR count). The predicted octanol–water partition coefficient (Wildman–Crippen LogP) is 4.99. The van der Waals surface area contributed by atoms with Crippen LogP contribution in [0.1, 0.15) is 42.1 Å². The lowest BCUT2D eigenvalue weighted by Gasteiger charge is -2.36. The third kappa shape index (κ3) is 2.73. The van der Waals surface area contributed by atoms with Crippen molar-refractivity contribution in [3.05, 3.63) is 89.2 Å². The SMILES string of the molecule is O=C(C1CCC1)N1Cc2ccccc2-n2cccc2C1c1cc(F)cc(F)c1. The van der Waals surface area contributed by atoms with E-state index in [0.717, 1.165) is 42.3 Å². The van der Waals surface area contributed by atoms with Crippen molar-refractivity contribution in [3.8, 4) is 5.69 Å². The van der Waals surface area contributed by atoms with Gasteiger partial charge in [-0.25, -0.2) is 8.78 Å². The molecule has 1 atom stereocenters. The molecule has 0 spiro atoms. The highest BCUT2D eigenvalue weighted by atomic mass is 19.1. The number of carbonyl (C=O) groups excluding carboxylic acids is 1. The van der Waals surface area contributed by atoms with E-state index in [0.29, 0.717) is 12.1 Å². The Hall–Kier alpha value is -2.95. The number of aromatic nitrogens is 1. The molecule has 2 aromatic carbocycles. The first-order valence-electron chi connectivity index (χ1n) is 9.64. The summed E-state index contributed by atoms with van der Waals surface area (Å²) in [5.74, 6) is -1.21. The summed E-state index contributed by atoms with van der Waals surface area (Å²) in [5.41, 5.74) is 3.31. The van der Waals surface area contributed by atoms with Crippen molar-refractivity contribution in [1.29, 1.82) is 0 Å². The highest BCUT2D eigenvalue weighted by Crippen LogP contribution is 2.40. The largest absolute Gasteiger partial charge is 0.325 e. The molecule has 28 heavy (non-hydrogen) atoms. The average molecular weight is 378 g/mol. The summed E-state index contributed by atoms with van der Waals surface area (Å²) in [6.45, 7) is 0.413. The monoisotopic (exact) mass is 378 g/mol. The van der Waals surface area contributed by atoms with Crippen LogP contribution in [0.4, 0.5) is 8.78 Å². The van der Waals surface area contributed by atoms with Crippen LogP contribution in [0.5, 0.6) is 0 Å². The zero-order valence-corrected chi connectivity index (χ0v) is 15.3. The summed E-state index contributed by atoms with van der Waals surface area (Å²) in [6.07, 6.45) is 4.75. The number of para-hydroxylation sites is 1. The second kappa shape index (κ2) is 6.59. The molecule has 2 aliphatic rings. The summed E-state index contributed by atoms with van der Waals surface area (Å²) < 4.78 is 30.2. The van der Waals surface area contributed by atoms with Gasteiger partial charge in [-0.1, -0.05) is 24.6 Å². The molecule has 1 aliphatic heterocycles. The van der Waals surface area contributed by atoms with Gasteiger partial charge >= 0.3 is 0 Å². The van der Waals surface area contributed by atoms with Crippen LogP contribution in [-0.2, 0) is 11.3 Å². The Morgan fingerprint density at radius 2 is 1.71 bits per heavy atom. The van der Waals surface area contributed by atoms with Gasteiger partial charge in [0, 0.05) is 30.4 Å². The number of rotatable bonds is 2. The third-order valence-corrected chi connectivity index (χ3v) is 5.90. The van der Waals surface area contributed by atoms with E-state index in [4.69, 9.17) is 0 Å². The number of amides is 1. The summed E-state index contributed by atoms with van der Waals surface area (Å²) in [4.78, 5) is 15.2. The number of hydrogen-bond donors (Lipinski definition) is 0. The standard InChI is InChI=1S/C23H20F2N2O/c24-18-11-17(12-19(25)13-18)22-21-9-4-10-26(21)20-8-2-1-5-16(20)14-27(22)23(28)15-6-3-7-15/h1-2,4-5,8-13,15,22H,3,6-7,14H2. The van der Waals surface area contributed by atoms with Gasteiger partial charge in [-0.2, -0.15) is 0 Å². The van der Waals surface area contributed by atoms with Crippen LogP contribution in [0.3, 0.4) is 0 Å². The minimum atomic E-state index is -0.633. The van der Waals surface area contributed by atoms with E-state index in [1.54, 1.807) is 4.90 Å². The average Bonchev–Trinajstić information content (AvgIpc) is 3.03. The first-order valence-corrected chi connectivity index (χ1v) is 9.64. The van der Waals surface area contributed by atoms with E-state index < -0.39 is 17.7 Å². The lowest BCUT2D eigenvalue weighted by Crippen LogP contribution is -2.41. The molecule has 1 fully saturated rings. The van der Waals surface area contributed by atoms with Crippen molar-refractivity contribution in [3.63, 3.8) is 0 Å². The minimum absolute atomic E-state index is 0.00502. The molecule has 0 bridgehead atoms. The number of hydrogen-bond acceptors (Lipinski definition) is 1. The van der Waals surface area contributed by atoms with Gasteiger partial charge in [0.25, 0.3) is 0 Å². The second-order valence-corrected chi connectivity index (χ2v) is 7.63. The van der Waals surface area contributed by atoms with Crippen molar-refractivity contribution < 1.29 is 13.6 Å². The third-order valence-electron chi connectivity index (χ3n) is 5.90. The Kier molecular flexibility index (Phi) is 4.04. The van der Waals surface area contributed by atoms with E-state index in [2.05, 4.69) is 0 Å². The Morgan fingerprint density at radius 3 is 2.43 bits per heavy atom. The molecule has 5 heteroatoms. The lowest BCUT2D eigenvalue weighted by atomic mass is 9.83. The normalized spacial score (nSPS) is 18.8. The second-order valence-electron chi connectivity index (χ2n) is 7.63. The zero-order chi connectivity index (χ0) is 19.3. The number of nitrogens with zero attached hydrogens (tertiary/aromatic N) is 2. The summed E-state index contributed by atoms with van der Waals surface area (Å²) >= 11 is 0. The van der Waals surface area contributed by atoms with Gasteiger partial charge in [0.05, 0.1) is 11.7 Å². The van der Waals surface area contributed by atoms with E-state index >= 15 is 0 Å². The van der Waals surface area contributed by atoms with Gasteiger partial charge in [-0.05, 0) is 54.3 Å². The number of halogens is 2. The van der Waals surface area contributed by atoms with Crippen molar-refractivity contribution in [2.75, 3.05) is 0 Å². The molecule has 3 aromatic rings. The first-order chi connectivity index (χ1) is 13.6. The highest BCUT2D eigenvalue weighted by Gasteiger charge is 2.37. The number of fused-ring (bicyclic) bond motifs is 3. The highest BCUT2D eigenvalue weighted by molar-refractivity contribution is 5.81. The Bertz CT molecular complexity index is 1030. The molecule has 3 nitrogen and oxygen atoms in total. The van der Waals surface area contributed by atoms with Crippen LogP contribution in [0.15, 0.2) is 60.8 Å². The maximum atomic E-state index is 14.1. The molecule has 1 aliphatic carbocycles. The van der Waals surface area contributed by atoms with Crippen LogP contribution in [-0.4, -0.2) is 15.4 Å². The van der Waals surface area contributed by atoms with Gasteiger partial charge in [0.15, 0.2) is 0 Å². The van der Waals surface area contributed by atoms with Crippen molar-refractivity contribution in [1.82, 2.24) is 9.47 Å². The van der Waals surface area contributed by atoms with Gasteiger partial charge < -0.3 is 9.47 Å². The van der Waals surface area contributed by atoms with Crippen molar-refractivity contribution in [2.24, 2.45) is 5.92 Å². The molecular formula is C23H20F2N2O. The molecule has 1 saturated carbocycles. The first kappa shape index (κ1) is 17.2. The molecule has 0 saturated heterocycles. The minimum Gasteiger partial charge on any atom is -0.325 e. The van der Waals surface area contributed by atoms with Crippen molar-refractivity contribution >= 4 is 5.91 Å². The summed E-state index contributed by atoms with van der Waals surface area (Å²) in [6, 6.07) is 14.8. The summed E-state index contributed by atoms with van der Waals surface area (Å²) in [5, 5.41) is 0. The molecule has 1 amide bonds. The molecular weight excluding hydrogens is 358 g/mol. The molecule has 1 aromatic heterocycles. The van der Waals surface area contributed by atoms with Gasteiger partial charge in [-0.15, -0.1) is 0 Å². The molecule has 142 valence electrons. The topological polar surface area (TPSA) is 25.2 Å². The quantitative estimate of drug-likeness (QED) is 0.617. The fourth-order valence-electron chi connectivity index (χ4n) is 4.33.